The lowest BCUT2D eigenvalue weighted by Gasteiger charge is -2.10. The molecule has 1 aliphatic rings. The summed E-state index contributed by atoms with van der Waals surface area (Å²) in [4.78, 5) is 31.9. The Kier molecular flexibility index (Phi) is 3.90. The molecule has 4 rings (SSSR count). The zero-order valence-electron chi connectivity index (χ0n) is 13.6. The predicted molar refractivity (Wildman–Crippen MR) is 94.5 cm³/mol. The second-order valence-corrected chi connectivity index (χ2v) is 6.10. The number of pyridine rings is 1. The van der Waals surface area contributed by atoms with E-state index >= 15 is 0 Å². The molecule has 3 aromatic rings. The molecule has 25 heavy (non-hydrogen) atoms. The van der Waals surface area contributed by atoms with Gasteiger partial charge in [-0.3, -0.25) is 14.6 Å². The summed E-state index contributed by atoms with van der Waals surface area (Å²) >= 11 is 0. The van der Waals surface area contributed by atoms with Crippen LogP contribution >= 0.6 is 0 Å². The molecule has 1 aromatic carbocycles. The van der Waals surface area contributed by atoms with Crippen molar-refractivity contribution in [3.8, 4) is 11.3 Å². The number of hydrogen-bond acceptors (Lipinski definition) is 3. The molecule has 0 aliphatic carbocycles. The number of Topliss-reactive ketones (excluding diaryl/α,β-unsaturated/α-hetero) is 1. The maximum atomic E-state index is 12.5. The Bertz CT molecular complexity index is 945. The number of carbonyl (C=O) groups is 2. The lowest BCUT2D eigenvalue weighted by molar-refractivity contribution is 0.0944. The van der Waals surface area contributed by atoms with E-state index in [2.05, 4.69) is 15.3 Å². The third kappa shape index (κ3) is 3.08. The summed E-state index contributed by atoms with van der Waals surface area (Å²) in [6, 6.07) is 15.1. The van der Waals surface area contributed by atoms with Crippen LogP contribution in [0.1, 0.15) is 32.1 Å². The normalized spacial score (nSPS) is 13.2. The summed E-state index contributed by atoms with van der Waals surface area (Å²) in [6.45, 7) is 0.642. The first-order valence-corrected chi connectivity index (χ1v) is 8.24. The molecule has 1 amide bonds. The summed E-state index contributed by atoms with van der Waals surface area (Å²) in [6.07, 6.45) is 2.74. The van der Waals surface area contributed by atoms with E-state index in [1.54, 1.807) is 12.3 Å². The Morgan fingerprint density at radius 1 is 1.12 bits per heavy atom. The van der Waals surface area contributed by atoms with Crippen LogP contribution < -0.4 is 5.32 Å². The predicted octanol–water partition coefficient (Wildman–Crippen LogP) is 2.79. The van der Waals surface area contributed by atoms with Crippen LogP contribution in [0.15, 0.2) is 54.7 Å². The molecule has 0 radical (unpaired) electrons. The molecule has 0 saturated carbocycles. The molecule has 1 aliphatic heterocycles. The van der Waals surface area contributed by atoms with Gasteiger partial charge in [0.25, 0.3) is 5.91 Å². The van der Waals surface area contributed by atoms with Crippen molar-refractivity contribution in [3.05, 3.63) is 77.2 Å². The second kappa shape index (κ2) is 6.36. The minimum absolute atomic E-state index is 0.0258. The summed E-state index contributed by atoms with van der Waals surface area (Å²) in [7, 11) is 0. The number of rotatable bonds is 4. The highest BCUT2D eigenvalue weighted by molar-refractivity contribution is 5.99. The third-order valence-electron chi connectivity index (χ3n) is 4.37. The van der Waals surface area contributed by atoms with Gasteiger partial charge < -0.3 is 10.3 Å². The number of aromatic amines is 1. The summed E-state index contributed by atoms with van der Waals surface area (Å²) in [5.74, 6) is -0.0831. The summed E-state index contributed by atoms with van der Waals surface area (Å²) in [5, 5.41) is 2.83. The van der Waals surface area contributed by atoms with Crippen molar-refractivity contribution in [2.24, 2.45) is 0 Å². The van der Waals surface area contributed by atoms with Gasteiger partial charge in [0.1, 0.15) is 5.69 Å². The number of aromatic nitrogens is 2. The number of amides is 1. The van der Waals surface area contributed by atoms with Crippen molar-refractivity contribution in [3.63, 3.8) is 0 Å². The maximum Gasteiger partial charge on any atom is 0.253 e. The fourth-order valence-electron chi connectivity index (χ4n) is 3.07. The van der Waals surface area contributed by atoms with E-state index in [-0.39, 0.29) is 11.7 Å². The summed E-state index contributed by atoms with van der Waals surface area (Å²) in [5.41, 5.74) is 4.69. The SMILES string of the molecule is O=C(Cc1ccccc1)c1cc(-c2cc3c([nH]2)CCNC3=O)ccn1. The molecule has 0 unspecified atom stereocenters. The highest BCUT2D eigenvalue weighted by Crippen LogP contribution is 2.24. The molecule has 0 atom stereocenters. The van der Waals surface area contributed by atoms with Crippen LogP contribution in [-0.2, 0) is 12.8 Å². The number of hydrogen-bond donors (Lipinski definition) is 2. The molecule has 124 valence electrons. The third-order valence-corrected chi connectivity index (χ3v) is 4.37. The molecule has 5 heteroatoms. The highest BCUT2D eigenvalue weighted by Gasteiger charge is 2.20. The van der Waals surface area contributed by atoms with Crippen LogP contribution in [-0.4, -0.2) is 28.2 Å². The zero-order valence-corrected chi connectivity index (χ0v) is 13.6. The van der Waals surface area contributed by atoms with Crippen molar-refractivity contribution in [2.75, 3.05) is 6.54 Å². The molecule has 0 bridgehead atoms. The number of benzene rings is 1. The second-order valence-electron chi connectivity index (χ2n) is 6.10. The van der Waals surface area contributed by atoms with Gasteiger partial charge in [-0.25, -0.2) is 0 Å². The van der Waals surface area contributed by atoms with Crippen molar-refractivity contribution in [1.82, 2.24) is 15.3 Å². The lowest BCUT2D eigenvalue weighted by atomic mass is 10.0. The van der Waals surface area contributed by atoms with Gasteiger partial charge in [0.2, 0.25) is 0 Å². The quantitative estimate of drug-likeness (QED) is 0.722. The fourth-order valence-corrected chi connectivity index (χ4v) is 3.07. The van der Waals surface area contributed by atoms with Crippen molar-refractivity contribution in [1.29, 1.82) is 0 Å². The molecule has 2 aromatic heterocycles. The first kappa shape index (κ1) is 15.3. The van der Waals surface area contributed by atoms with E-state index in [0.29, 0.717) is 24.2 Å². The Morgan fingerprint density at radius 3 is 2.76 bits per heavy atom. The van der Waals surface area contributed by atoms with E-state index < -0.39 is 0 Å². The maximum absolute atomic E-state index is 12.5. The van der Waals surface area contributed by atoms with Crippen LogP contribution in [0.25, 0.3) is 11.3 Å². The molecule has 5 nitrogen and oxygen atoms in total. The van der Waals surface area contributed by atoms with Gasteiger partial charge in [-0.2, -0.15) is 0 Å². The number of carbonyl (C=O) groups excluding carboxylic acids is 2. The van der Waals surface area contributed by atoms with E-state index in [1.165, 1.54) is 0 Å². The summed E-state index contributed by atoms with van der Waals surface area (Å²) < 4.78 is 0. The first-order valence-electron chi connectivity index (χ1n) is 8.24. The first-order chi connectivity index (χ1) is 12.2. The average molecular weight is 331 g/mol. The standard InChI is InChI=1S/C20H17N3O2/c24-19(10-13-4-2-1-3-5-13)18-11-14(6-8-21-18)17-12-15-16(23-17)7-9-22-20(15)25/h1-6,8,11-12,23H,7,9-10H2,(H,22,25). The van der Waals surface area contributed by atoms with Crippen LogP contribution in [0.3, 0.4) is 0 Å². The monoisotopic (exact) mass is 331 g/mol. The van der Waals surface area contributed by atoms with E-state index in [1.807, 2.05) is 42.5 Å². The van der Waals surface area contributed by atoms with E-state index in [4.69, 9.17) is 0 Å². The Morgan fingerprint density at radius 2 is 1.96 bits per heavy atom. The topological polar surface area (TPSA) is 74.8 Å². The van der Waals surface area contributed by atoms with Crippen molar-refractivity contribution in [2.45, 2.75) is 12.8 Å². The van der Waals surface area contributed by atoms with E-state index in [0.717, 1.165) is 28.9 Å². The number of nitrogens with zero attached hydrogens (tertiary/aromatic N) is 1. The average Bonchev–Trinajstić information content (AvgIpc) is 3.08. The van der Waals surface area contributed by atoms with Gasteiger partial charge in [-0.05, 0) is 23.8 Å². The Hall–Kier alpha value is -3.21. The molecule has 2 N–H and O–H groups in total. The van der Waals surface area contributed by atoms with E-state index in [9.17, 15) is 9.59 Å². The smallest absolute Gasteiger partial charge is 0.253 e. The van der Waals surface area contributed by atoms with Gasteiger partial charge in [-0.1, -0.05) is 30.3 Å². The molecule has 0 fully saturated rings. The fraction of sp³-hybridized carbons (Fsp3) is 0.150. The molecular formula is C20H17N3O2. The minimum Gasteiger partial charge on any atom is -0.358 e. The van der Waals surface area contributed by atoms with Crippen molar-refractivity contribution < 1.29 is 9.59 Å². The van der Waals surface area contributed by atoms with Crippen LogP contribution in [0.4, 0.5) is 0 Å². The highest BCUT2D eigenvalue weighted by atomic mass is 16.1. The van der Waals surface area contributed by atoms with Gasteiger partial charge in [0, 0.05) is 42.5 Å². The molecule has 3 heterocycles. The number of H-pyrrole nitrogens is 1. The number of ketones is 1. The molecule has 0 saturated heterocycles. The Labute approximate surface area is 145 Å². The minimum atomic E-state index is -0.0572. The molecular weight excluding hydrogens is 314 g/mol. The van der Waals surface area contributed by atoms with Gasteiger partial charge in [0.05, 0.1) is 5.56 Å². The van der Waals surface area contributed by atoms with Crippen LogP contribution in [0, 0.1) is 0 Å². The van der Waals surface area contributed by atoms with Crippen molar-refractivity contribution >= 4 is 11.7 Å². The largest absolute Gasteiger partial charge is 0.358 e. The molecule has 0 spiro atoms. The lowest BCUT2D eigenvalue weighted by Crippen LogP contribution is -2.31. The number of nitrogens with one attached hydrogen (secondary N) is 2. The Balaban J connectivity index is 1.61. The zero-order chi connectivity index (χ0) is 17.2. The van der Waals surface area contributed by atoms with Gasteiger partial charge in [0.15, 0.2) is 5.78 Å². The number of fused-ring (bicyclic) bond motifs is 1. The van der Waals surface area contributed by atoms with Gasteiger partial charge in [-0.15, -0.1) is 0 Å². The van der Waals surface area contributed by atoms with Crippen LogP contribution in [0.5, 0.6) is 0 Å². The van der Waals surface area contributed by atoms with Crippen LogP contribution in [0.2, 0.25) is 0 Å². The van der Waals surface area contributed by atoms with Gasteiger partial charge >= 0.3 is 0 Å².